The van der Waals surface area contributed by atoms with Crippen molar-refractivity contribution in [2.45, 2.75) is 24.5 Å². The second-order valence-corrected chi connectivity index (χ2v) is 12.9. The summed E-state index contributed by atoms with van der Waals surface area (Å²) in [6, 6.07) is 28.7. The van der Waals surface area contributed by atoms with Gasteiger partial charge in [0.15, 0.2) is 0 Å². The first kappa shape index (κ1) is 55.0. The van der Waals surface area contributed by atoms with Crippen LogP contribution in [0, 0.1) is 0 Å². The third kappa shape index (κ3) is 20.3. The van der Waals surface area contributed by atoms with Crippen molar-refractivity contribution >= 4 is 104 Å². The molecule has 0 aliphatic carbocycles. The Kier molecular flexibility index (Phi) is 26.1. The standard InChI is InChI=1S/C9H9N3O3S.4C7H7NOS.2Zn/c10-7(13)3-1-4(8(11)14)6(16)5(2-3)9(12)15;4*8-7(9)5-1-3-6(10)4-2-5;;/h1-2,16H,(H2,10,13)(H2,11,14)(H2,12,15);4*1-4,10H,(H2,8,9);;/q;;;;;2*+2/p-4. The summed E-state index contributed by atoms with van der Waals surface area (Å²) >= 11 is 23.2. The van der Waals surface area contributed by atoms with Crippen LogP contribution in [0.3, 0.4) is 0 Å². The first-order valence-corrected chi connectivity index (χ1v) is 17.3. The molecule has 292 valence electrons. The van der Waals surface area contributed by atoms with E-state index in [4.69, 9.17) is 90.7 Å². The number of rotatable bonds is 7. The van der Waals surface area contributed by atoms with Gasteiger partial charge in [-0.05, 0) is 12.1 Å². The molecule has 21 heteroatoms. The van der Waals surface area contributed by atoms with E-state index in [0.29, 0.717) is 41.8 Å². The van der Waals surface area contributed by atoms with Crippen LogP contribution in [0.5, 0.6) is 0 Å². The van der Waals surface area contributed by atoms with Gasteiger partial charge in [-0.25, -0.2) is 0 Å². The molecule has 14 N–H and O–H groups in total. The predicted octanol–water partition coefficient (Wildman–Crippen LogP) is 2.03. The van der Waals surface area contributed by atoms with Crippen molar-refractivity contribution in [3.63, 3.8) is 0 Å². The maximum atomic E-state index is 11.0. The molecular formula is C37H33N7O7S5Zn2. The van der Waals surface area contributed by atoms with Gasteiger partial charge in [0, 0.05) is 32.7 Å². The predicted molar refractivity (Wildman–Crippen MR) is 222 cm³/mol. The Morgan fingerprint density at radius 3 is 0.638 bits per heavy atom. The van der Waals surface area contributed by atoms with Crippen molar-refractivity contribution in [3.05, 3.63) is 148 Å². The first-order valence-electron chi connectivity index (χ1n) is 15.2. The summed E-state index contributed by atoms with van der Waals surface area (Å²) in [5.41, 5.74) is 36.9. The number of benzene rings is 5. The van der Waals surface area contributed by atoms with E-state index in [2.05, 4.69) is 12.6 Å². The molecule has 0 fully saturated rings. The number of hydrogen-bond donors (Lipinski definition) is 8. The normalized spacial score (nSPS) is 9.05. The number of thiol groups is 1. The SMILES string of the molecule is NC(=O)c1cc(C(N)=O)c(S)c(C(N)=O)c1.NC(=O)c1ccc([S-])cc1.NC(=O)c1ccc([S-])cc1.NC(=O)c1ccc([S-])cc1.NC(=O)c1ccc([S-])cc1.[Zn+2].[Zn+2]. The van der Waals surface area contributed by atoms with Crippen LogP contribution in [0.4, 0.5) is 0 Å². The fourth-order valence-corrected chi connectivity index (χ4v) is 4.52. The summed E-state index contributed by atoms with van der Waals surface area (Å²) in [6.45, 7) is 0. The average molecular weight is 979 g/mol. The molecule has 5 aromatic carbocycles. The molecular weight excluding hydrogens is 946 g/mol. The molecule has 0 radical (unpaired) electrons. The largest absolute Gasteiger partial charge is 2.00 e. The van der Waals surface area contributed by atoms with Gasteiger partial charge in [-0.2, -0.15) is 19.6 Å². The van der Waals surface area contributed by atoms with Crippen LogP contribution in [-0.4, -0.2) is 41.4 Å². The second-order valence-electron chi connectivity index (χ2n) is 10.6. The molecule has 5 rings (SSSR count). The van der Waals surface area contributed by atoms with Crippen LogP contribution in [0.25, 0.3) is 0 Å². The van der Waals surface area contributed by atoms with Gasteiger partial charge in [0.1, 0.15) is 0 Å². The Morgan fingerprint density at radius 2 is 0.500 bits per heavy atom. The zero-order valence-electron chi connectivity index (χ0n) is 30.3. The maximum Gasteiger partial charge on any atom is 2.00 e. The quantitative estimate of drug-likeness (QED) is 0.0663. The van der Waals surface area contributed by atoms with Crippen LogP contribution in [-0.2, 0) is 89.5 Å². The zero-order valence-corrected chi connectivity index (χ0v) is 40.4. The van der Waals surface area contributed by atoms with Gasteiger partial charge < -0.3 is 90.7 Å². The Labute approximate surface area is 386 Å². The molecule has 0 bridgehead atoms. The van der Waals surface area contributed by atoms with E-state index in [9.17, 15) is 33.6 Å². The minimum Gasteiger partial charge on any atom is -0.780 e. The molecule has 0 aliphatic rings. The zero-order chi connectivity index (χ0) is 42.7. The summed E-state index contributed by atoms with van der Waals surface area (Å²) in [5.74, 6) is -4.13. The summed E-state index contributed by atoms with van der Waals surface area (Å²) in [4.78, 5) is 77.9. The van der Waals surface area contributed by atoms with Crippen molar-refractivity contribution < 1.29 is 72.5 Å². The fourth-order valence-electron chi connectivity index (χ4n) is 3.63. The first-order chi connectivity index (χ1) is 26.1. The van der Waals surface area contributed by atoms with Crippen molar-refractivity contribution in [2.24, 2.45) is 40.1 Å². The molecule has 7 amide bonds. The number of carbonyl (C=O) groups is 7. The Hall–Kier alpha value is -5.13. The summed E-state index contributed by atoms with van der Waals surface area (Å²) < 4.78 is 0. The van der Waals surface area contributed by atoms with Crippen molar-refractivity contribution in [3.8, 4) is 0 Å². The van der Waals surface area contributed by atoms with E-state index in [0.717, 1.165) is 0 Å². The fraction of sp³-hybridized carbons (Fsp3) is 0. The summed E-state index contributed by atoms with van der Waals surface area (Å²) in [7, 11) is 0. The number of primary amides is 7. The van der Waals surface area contributed by atoms with Crippen LogP contribution in [0.1, 0.15) is 72.5 Å². The van der Waals surface area contributed by atoms with Gasteiger partial charge in [-0.3, -0.25) is 33.6 Å². The van der Waals surface area contributed by atoms with Crippen LogP contribution >= 0.6 is 12.6 Å². The Balaban J connectivity index is 0. The smallest absolute Gasteiger partial charge is 0.780 e. The summed E-state index contributed by atoms with van der Waals surface area (Å²) in [6.07, 6.45) is 0. The Bertz CT molecular complexity index is 1940. The van der Waals surface area contributed by atoms with E-state index < -0.39 is 41.4 Å². The molecule has 0 heterocycles. The van der Waals surface area contributed by atoms with E-state index in [1.165, 1.54) is 12.1 Å². The van der Waals surface area contributed by atoms with Crippen molar-refractivity contribution in [1.82, 2.24) is 0 Å². The minimum absolute atomic E-state index is 0. The molecule has 5 aromatic rings. The molecule has 58 heavy (non-hydrogen) atoms. The molecule has 0 saturated heterocycles. The van der Waals surface area contributed by atoms with E-state index in [1.807, 2.05) is 0 Å². The molecule has 0 spiro atoms. The monoisotopic (exact) mass is 975 g/mol. The van der Waals surface area contributed by atoms with Gasteiger partial charge in [0.25, 0.3) is 0 Å². The average Bonchev–Trinajstić information content (AvgIpc) is 3.13. The van der Waals surface area contributed by atoms with Gasteiger partial charge >= 0.3 is 39.0 Å². The molecule has 0 aliphatic heterocycles. The van der Waals surface area contributed by atoms with Gasteiger partial charge in [0.2, 0.25) is 41.4 Å². The Morgan fingerprint density at radius 1 is 0.328 bits per heavy atom. The van der Waals surface area contributed by atoms with E-state index in [-0.39, 0.29) is 60.5 Å². The topological polar surface area (TPSA) is 302 Å². The minimum atomic E-state index is -0.824. The molecule has 0 aromatic heterocycles. The van der Waals surface area contributed by atoms with Crippen molar-refractivity contribution in [2.75, 3.05) is 0 Å². The number of nitrogens with two attached hydrogens (primary N) is 7. The molecule has 14 nitrogen and oxygen atoms in total. The number of hydrogen-bond acceptors (Lipinski definition) is 12. The van der Waals surface area contributed by atoms with Crippen LogP contribution < -0.4 is 40.1 Å². The van der Waals surface area contributed by atoms with Gasteiger partial charge in [-0.1, -0.05) is 97.1 Å². The third-order valence-corrected chi connectivity index (χ3v) is 8.05. The van der Waals surface area contributed by atoms with Crippen LogP contribution in [0.15, 0.2) is 134 Å². The van der Waals surface area contributed by atoms with Gasteiger partial charge in [0.05, 0.1) is 11.1 Å². The van der Waals surface area contributed by atoms with E-state index in [1.54, 1.807) is 97.1 Å². The van der Waals surface area contributed by atoms with E-state index >= 15 is 0 Å². The molecule has 0 unspecified atom stereocenters. The maximum absolute atomic E-state index is 11.0. The molecule has 0 saturated carbocycles. The van der Waals surface area contributed by atoms with Crippen molar-refractivity contribution in [1.29, 1.82) is 0 Å². The van der Waals surface area contributed by atoms with Crippen LogP contribution in [0.2, 0.25) is 0 Å². The molecule has 0 atom stereocenters. The second kappa shape index (κ2) is 27.5. The van der Waals surface area contributed by atoms with Gasteiger partial charge in [-0.15, -0.1) is 12.6 Å². The summed E-state index contributed by atoms with van der Waals surface area (Å²) in [5, 5.41) is 0. The number of carbonyl (C=O) groups excluding carboxylic acids is 7. The third-order valence-electron chi connectivity index (χ3n) is 6.48. The number of amides is 7.